The second kappa shape index (κ2) is 3.99. The normalized spacial score (nSPS) is 10.8. The van der Waals surface area contributed by atoms with Crippen molar-refractivity contribution in [2.75, 3.05) is 5.33 Å². The van der Waals surface area contributed by atoms with Gasteiger partial charge in [-0.1, -0.05) is 22.9 Å². The summed E-state index contributed by atoms with van der Waals surface area (Å²) in [4.78, 5) is 0. The minimum Gasteiger partial charge on any atom is -0.207 e. The molecule has 0 bridgehead atoms. The Labute approximate surface area is 78.7 Å². The Bertz CT molecular complexity index is 273. The predicted octanol–water partition coefficient (Wildman–Crippen LogP) is 3.30. The Hall–Kier alpha value is -0.440. The van der Waals surface area contributed by atoms with E-state index in [0.29, 0.717) is 10.9 Å². The standard InChI is InChI=1S/C9H8BrF2/c1-6(5-10)8-4-7(11)2-3-9(8)12/h2-4H,5H2,1H3. The lowest BCUT2D eigenvalue weighted by atomic mass is 10.0. The van der Waals surface area contributed by atoms with Crippen LogP contribution in [0.3, 0.4) is 0 Å². The van der Waals surface area contributed by atoms with Gasteiger partial charge in [0.05, 0.1) is 0 Å². The molecule has 1 rings (SSSR count). The van der Waals surface area contributed by atoms with Gasteiger partial charge in [-0.25, -0.2) is 8.78 Å². The minimum absolute atomic E-state index is 0.340. The summed E-state index contributed by atoms with van der Waals surface area (Å²) in [6.45, 7) is 1.76. The minimum atomic E-state index is -0.410. The Balaban J connectivity index is 3.04. The van der Waals surface area contributed by atoms with E-state index in [0.717, 1.165) is 18.1 Å². The number of hydrogen-bond acceptors (Lipinski definition) is 0. The first-order valence-electron chi connectivity index (χ1n) is 3.49. The molecule has 0 aliphatic carbocycles. The van der Waals surface area contributed by atoms with Gasteiger partial charge >= 0.3 is 0 Å². The molecular weight excluding hydrogens is 226 g/mol. The van der Waals surface area contributed by atoms with E-state index in [4.69, 9.17) is 0 Å². The molecule has 0 aliphatic rings. The van der Waals surface area contributed by atoms with Crippen LogP contribution in [0.15, 0.2) is 18.2 Å². The molecule has 0 N–H and O–H groups in total. The van der Waals surface area contributed by atoms with Gasteiger partial charge in [-0.2, -0.15) is 0 Å². The molecule has 0 saturated heterocycles. The van der Waals surface area contributed by atoms with Crippen LogP contribution in [0, 0.1) is 17.6 Å². The van der Waals surface area contributed by atoms with Crippen molar-refractivity contribution in [2.24, 2.45) is 0 Å². The molecule has 0 fully saturated rings. The Morgan fingerprint density at radius 1 is 1.42 bits per heavy atom. The Kier molecular flexibility index (Phi) is 3.20. The zero-order valence-corrected chi connectivity index (χ0v) is 8.16. The molecule has 1 aromatic rings. The third-order valence-electron chi connectivity index (χ3n) is 1.59. The van der Waals surface area contributed by atoms with E-state index < -0.39 is 5.82 Å². The highest BCUT2D eigenvalue weighted by atomic mass is 79.9. The van der Waals surface area contributed by atoms with Crippen molar-refractivity contribution in [1.82, 2.24) is 0 Å². The average molecular weight is 234 g/mol. The number of rotatable bonds is 2. The van der Waals surface area contributed by atoms with E-state index in [1.165, 1.54) is 6.07 Å². The third-order valence-corrected chi connectivity index (χ3v) is 2.43. The fourth-order valence-electron chi connectivity index (χ4n) is 0.897. The van der Waals surface area contributed by atoms with E-state index >= 15 is 0 Å². The monoisotopic (exact) mass is 233 g/mol. The van der Waals surface area contributed by atoms with Gasteiger partial charge in [-0.05, 0) is 23.8 Å². The van der Waals surface area contributed by atoms with Crippen LogP contribution in [-0.4, -0.2) is 5.33 Å². The molecule has 0 unspecified atom stereocenters. The van der Waals surface area contributed by atoms with E-state index in [2.05, 4.69) is 15.9 Å². The van der Waals surface area contributed by atoms with Crippen molar-refractivity contribution >= 4 is 15.9 Å². The summed E-state index contributed by atoms with van der Waals surface area (Å²) in [7, 11) is 0. The van der Waals surface area contributed by atoms with Gasteiger partial charge in [-0.3, -0.25) is 0 Å². The van der Waals surface area contributed by atoms with E-state index in [1.807, 2.05) is 0 Å². The highest BCUT2D eigenvalue weighted by Gasteiger charge is 2.10. The SMILES string of the molecule is C[C](CBr)c1cc(F)ccc1F. The second-order valence-electron chi connectivity index (χ2n) is 2.54. The number of benzene rings is 1. The van der Waals surface area contributed by atoms with E-state index in [9.17, 15) is 8.78 Å². The van der Waals surface area contributed by atoms with Crippen LogP contribution in [0.5, 0.6) is 0 Å². The Morgan fingerprint density at radius 3 is 2.67 bits per heavy atom. The molecule has 1 radical (unpaired) electrons. The number of hydrogen-bond donors (Lipinski definition) is 0. The highest BCUT2D eigenvalue weighted by molar-refractivity contribution is 9.09. The molecule has 3 heteroatoms. The second-order valence-corrected chi connectivity index (χ2v) is 3.10. The molecule has 0 amide bonds. The predicted molar refractivity (Wildman–Crippen MR) is 48.2 cm³/mol. The molecule has 65 valence electrons. The Morgan fingerprint density at radius 2 is 2.08 bits per heavy atom. The zero-order chi connectivity index (χ0) is 9.14. The maximum atomic E-state index is 13.0. The summed E-state index contributed by atoms with van der Waals surface area (Å²) < 4.78 is 25.6. The van der Waals surface area contributed by atoms with Gasteiger partial charge in [0.25, 0.3) is 0 Å². The molecule has 0 heterocycles. The molecular formula is C9H8BrF2. The molecule has 0 atom stereocenters. The summed E-state index contributed by atoms with van der Waals surface area (Å²) in [5, 5.41) is 0.549. The summed E-state index contributed by atoms with van der Waals surface area (Å²) >= 11 is 3.18. The molecule has 12 heavy (non-hydrogen) atoms. The number of alkyl halides is 1. The van der Waals surface area contributed by atoms with Crippen LogP contribution < -0.4 is 0 Å². The molecule has 0 aliphatic heterocycles. The van der Waals surface area contributed by atoms with Gasteiger partial charge in [0.2, 0.25) is 0 Å². The molecule has 1 aromatic carbocycles. The van der Waals surface area contributed by atoms with Crippen LogP contribution in [-0.2, 0) is 0 Å². The molecule has 0 nitrogen and oxygen atoms in total. The summed E-state index contributed by atoms with van der Waals surface area (Å²) in [5.41, 5.74) is 0.340. The van der Waals surface area contributed by atoms with Gasteiger partial charge < -0.3 is 0 Å². The van der Waals surface area contributed by atoms with Crippen molar-refractivity contribution in [3.8, 4) is 0 Å². The third kappa shape index (κ3) is 2.03. The van der Waals surface area contributed by atoms with Crippen LogP contribution >= 0.6 is 15.9 Å². The first kappa shape index (κ1) is 9.65. The quantitative estimate of drug-likeness (QED) is 0.688. The van der Waals surface area contributed by atoms with Crippen LogP contribution in [0.2, 0.25) is 0 Å². The maximum absolute atomic E-state index is 13.0. The van der Waals surface area contributed by atoms with Crippen molar-refractivity contribution in [1.29, 1.82) is 0 Å². The lowest BCUT2D eigenvalue weighted by molar-refractivity contribution is 0.590. The first-order valence-corrected chi connectivity index (χ1v) is 4.61. The first-order chi connectivity index (χ1) is 5.65. The van der Waals surface area contributed by atoms with Crippen molar-refractivity contribution < 1.29 is 8.78 Å². The van der Waals surface area contributed by atoms with Crippen molar-refractivity contribution in [3.05, 3.63) is 41.3 Å². The maximum Gasteiger partial charge on any atom is 0.127 e. The molecule has 0 saturated carbocycles. The number of halogens is 3. The van der Waals surface area contributed by atoms with Crippen molar-refractivity contribution in [3.63, 3.8) is 0 Å². The van der Waals surface area contributed by atoms with Gasteiger partial charge in [-0.15, -0.1) is 0 Å². The van der Waals surface area contributed by atoms with E-state index in [1.54, 1.807) is 6.92 Å². The fraction of sp³-hybridized carbons (Fsp3) is 0.222. The smallest absolute Gasteiger partial charge is 0.127 e. The van der Waals surface area contributed by atoms with Crippen molar-refractivity contribution in [2.45, 2.75) is 6.92 Å². The van der Waals surface area contributed by atoms with Gasteiger partial charge in [0, 0.05) is 11.2 Å². The largest absolute Gasteiger partial charge is 0.207 e. The van der Waals surface area contributed by atoms with Gasteiger partial charge in [0.1, 0.15) is 11.6 Å². The van der Waals surface area contributed by atoms with Gasteiger partial charge in [0.15, 0.2) is 0 Å². The highest BCUT2D eigenvalue weighted by Crippen LogP contribution is 2.20. The lowest BCUT2D eigenvalue weighted by Crippen LogP contribution is -1.99. The summed E-state index contributed by atoms with van der Waals surface area (Å²) in [6, 6.07) is 3.45. The lowest BCUT2D eigenvalue weighted by Gasteiger charge is -2.07. The molecule has 0 aromatic heterocycles. The summed E-state index contributed by atoms with van der Waals surface area (Å²) in [6.07, 6.45) is 0. The van der Waals surface area contributed by atoms with Crippen LogP contribution in [0.4, 0.5) is 8.78 Å². The topological polar surface area (TPSA) is 0 Å². The van der Waals surface area contributed by atoms with Crippen LogP contribution in [0.1, 0.15) is 12.5 Å². The fourth-order valence-corrected chi connectivity index (χ4v) is 1.20. The van der Waals surface area contributed by atoms with Crippen LogP contribution in [0.25, 0.3) is 0 Å². The summed E-state index contributed by atoms with van der Waals surface area (Å²) in [5.74, 6) is -0.00736. The average Bonchev–Trinajstić information content (AvgIpc) is 2.08. The molecule has 0 spiro atoms. The van der Waals surface area contributed by atoms with E-state index in [-0.39, 0.29) is 5.82 Å². The zero-order valence-electron chi connectivity index (χ0n) is 6.57.